The molecular weight excluding hydrogens is 350 g/mol. The van der Waals surface area contributed by atoms with Crippen molar-refractivity contribution in [3.63, 3.8) is 0 Å². The Labute approximate surface area is 166 Å². The molecule has 1 aliphatic carbocycles. The molecule has 0 radical (unpaired) electrons. The Morgan fingerprint density at radius 2 is 1.68 bits per heavy atom. The fourth-order valence-corrected chi connectivity index (χ4v) is 4.39. The second-order valence-corrected chi connectivity index (χ2v) is 7.94. The van der Waals surface area contributed by atoms with Crippen LogP contribution >= 0.6 is 0 Å². The van der Waals surface area contributed by atoms with Gasteiger partial charge in [0, 0.05) is 19.6 Å². The maximum atomic E-state index is 12.8. The Kier molecular flexibility index (Phi) is 5.18. The number of rotatable bonds is 6. The zero-order valence-corrected chi connectivity index (χ0v) is 16.4. The van der Waals surface area contributed by atoms with E-state index in [1.54, 1.807) is 0 Å². The first kappa shape index (κ1) is 18.7. The highest BCUT2D eigenvalue weighted by Gasteiger charge is 2.52. The van der Waals surface area contributed by atoms with E-state index in [0.29, 0.717) is 13.1 Å². The number of carbonyl (C=O) groups excluding carboxylic acids is 2. The Balaban J connectivity index is 1.40. The maximum Gasteiger partial charge on any atom is 0.325 e. The van der Waals surface area contributed by atoms with Crippen LogP contribution in [0.1, 0.15) is 31.2 Å². The third-order valence-electron chi connectivity index (χ3n) is 5.95. The molecule has 1 aliphatic heterocycles. The van der Waals surface area contributed by atoms with Gasteiger partial charge in [0.2, 0.25) is 0 Å². The summed E-state index contributed by atoms with van der Waals surface area (Å²) in [6, 6.07) is 18.5. The van der Waals surface area contributed by atoms with Gasteiger partial charge in [0.1, 0.15) is 5.54 Å². The standard InChI is InChI=1S/C23H27N3O2/c1-25(15-16-26-21(27)23(24-22(26)28)13-7-8-14-23)17-19-11-5-6-12-20(19)18-9-3-2-4-10-18/h2-6,9-12H,7-8,13-17H2,1H3,(H,24,28). The minimum atomic E-state index is -0.616. The fraction of sp³-hybridized carbons (Fsp3) is 0.391. The van der Waals surface area contributed by atoms with E-state index < -0.39 is 5.54 Å². The number of carbonyl (C=O) groups is 2. The van der Waals surface area contributed by atoms with Gasteiger partial charge in [-0.25, -0.2) is 4.79 Å². The van der Waals surface area contributed by atoms with Crippen molar-refractivity contribution in [2.75, 3.05) is 20.1 Å². The lowest BCUT2D eigenvalue weighted by Crippen LogP contribution is -2.44. The summed E-state index contributed by atoms with van der Waals surface area (Å²) in [6.45, 7) is 1.84. The van der Waals surface area contributed by atoms with E-state index in [1.807, 2.05) is 25.2 Å². The van der Waals surface area contributed by atoms with Gasteiger partial charge in [0.15, 0.2) is 0 Å². The van der Waals surface area contributed by atoms with Crippen LogP contribution in [0.2, 0.25) is 0 Å². The number of imide groups is 1. The van der Waals surface area contributed by atoms with E-state index >= 15 is 0 Å². The van der Waals surface area contributed by atoms with Gasteiger partial charge in [-0.2, -0.15) is 0 Å². The normalized spacial score (nSPS) is 18.3. The first-order chi connectivity index (χ1) is 13.6. The molecule has 2 aromatic rings. The zero-order chi connectivity index (χ0) is 19.6. The molecule has 0 atom stereocenters. The smallest absolute Gasteiger partial charge is 0.323 e. The van der Waals surface area contributed by atoms with Crippen molar-refractivity contribution in [2.45, 2.75) is 37.8 Å². The number of urea groups is 1. The second kappa shape index (κ2) is 7.76. The minimum absolute atomic E-state index is 0.0342. The summed E-state index contributed by atoms with van der Waals surface area (Å²) >= 11 is 0. The van der Waals surface area contributed by atoms with Crippen molar-refractivity contribution in [1.29, 1.82) is 0 Å². The van der Waals surface area contributed by atoms with Gasteiger partial charge in [0.05, 0.1) is 0 Å². The van der Waals surface area contributed by atoms with Crippen LogP contribution in [-0.4, -0.2) is 47.4 Å². The van der Waals surface area contributed by atoms with Gasteiger partial charge in [-0.05, 0) is 36.6 Å². The predicted octanol–water partition coefficient (Wildman–Crippen LogP) is 3.65. The predicted molar refractivity (Wildman–Crippen MR) is 110 cm³/mol. The third kappa shape index (κ3) is 3.54. The van der Waals surface area contributed by atoms with Crippen molar-refractivity contribution in [3.05, 3.63) is 60.2 Å². The van der Waals surface area contributed by atoms with Crippen molar-refractivity contribution < 1.29 is 9.59 Å². The van der Waals surface area contributed by atoms with Gasteiger partial charge in [-0.15, -0.1) is 0 Å². The monoisotopic (exact) mass is 377 g/mol. The largest absolute Gasteiger partial charge is 0.325 e. The molecule has 1 spiro atoms. The van der Waals surface area contributed by atoms with Gasteiger partial charge in [-0.1, -0.05) is 67.4 Å². The molecule has 5 nitrogen and oxygen atoms in total. The molecule has 0 aromatic heterocycles. The van der Waals surface area contributed by atoms with E-state index in [1.165, 1.54) is 21.6 Å². The first-order valence-electron chi connectivity index (χ1n) is 10.1. The molecular formula is C23H27N3O2. The molecule has 1 saturated heterocycles. The quantitative estimate of drug-likeness (QED) is 0.782. The van der Waals surface area contributed by atoms with Crippen LogP contribution in [0.5, 0.6) is 0 Å². The molecule has 5 heteroatoms. The number of benzene rings is 2. The Hall–Kier alpha value is -2.66. The van der Waals surface area contributed by atoms with Gasteiger partial charge < -0.3 is 10.2 Å². The third-order valence-corrected chi connectivity index (χ3v) is 5.95. The molecule has 4 rings (SSSR count). The van der Waals surface area contributed by atoms with Crippen molar-refractivity contribution in [3.8, 4) is 11.1 Å². The van der Waals surface area contributed by atoms with Gasteiger partial charge in [-0.3, -0.25) is 9.69 Å². The van der Waals surface area contributed by atoms with E-state index in [4.69, 9.17) is 0 Å². The lowest BCUT2D eigenvalue weighted by Gasteiger charge is -2.23. The van der Waals surface area contributed by atoms with Crippen LogP contribution in [0.15, 0.2) is 54.6 Å². The topological polar surface area (TPSA) is 52.6 Å². The number of nitrogens with one attached hydrogen (secondary N) is 1. The van der Waals surface area contributed by atoms with Crippen LogP contribution in [0.4, 0.5) is 4.79 Å². The van der Waals surface area contributed by atoms with Crippen LogP contribution < -0.4 is 5.32 Å². The fourth-order valence-electron chi connectivity index (χ4n) is 4.39. The lowest BCUT2D eigenvalue weighted by atomic mass is 9.98. The Bertz CT molecular complexity index is 859. The van der Waals surface area contributed by atoms with E-state index in [-0.39, 0.29) is 11.9 Å². The molecule has 0 bridgehead atoms. The van der Waals surface area contributed by atoms with E-state index in [9.17, 15) is 9.59 Å². The Morgan fingerprint density at radius 1 is 1.00 bits per heavy atom. The lowest BCUT2D eigenvalue weighted by molar-refractivity contribution is -0.131. The molecule has 2 aromatic carbocycles. The first-order valence-corrected chi connectivity index (χ1v) is 10.1. The van der Waals surface area contributed by atoms with Crippen molar-refractivity contribution in [2.24, 2.45) is 0 Å². The van der Waals surface area contributed by atoms with Crippen molar-refractivity contribution in [1.82, 2.24) is 15.1 Å². The zero-order valence-electron chi connectivity index (χ0n) is 16.4. The molecule has 146 valence electrons. The molecule has 0 unspecified atom stereocenters. The van der Waals surface area contributed by atoms with Gasteiger partial charge in [0.25, 0.3) is 5.91 Å². The molecule has 3 amide bonds. The summed E-state index contributed by atoms with van der Waals surface area (Å²) in [5.41, 5.74) is 3.04. The summed E-state index contributed by atoms with van der Waals surface area (Å²) in [7, 11) is 2.03. The molecule has 2 aliphatic rings. The second-order valence-electron chi connectivity index (χ2n) is 7.94. The van der Waals surface area contributed by atoms with Crippen LogP contribution in [0.3, 0.4) is 0 Å². The van der Waals surface area contributed by atoms with Crippen LogP contribution in [0, 0.1) is 0 Å². The molecule has 1 N–H and O–H groups in total. The highest BCUT2D eigenvalue weighted by molar-refractivity contribution is 6.07. The number of likely N-dealkylation sites (N-methyl/N-ethyl adjacent to an activating group) is 1. The van der Waals surface area contributed by atoms with E-state index in [2.05, 4.69) is 46.6 Å². The highest BCUT2D eigenvalue weighted by atomic mass is 16.2. The minimum Gasteiger partial charge on any atom is -0.323 e. The summed E-state index contributed by atoms with van der Waals surface area (Å²) in [5.74, 6) is -0.0342. The Morgan fingerprint density at radius 3 is 2.43 bits per heavy atom. The average Bonchev–Trinajstić information content (AvgIpc) is 3.27. The summed E-state index contributed by atoms with van der Waals surface area (Å²) < 4.78 is 0. The summed E-state index contributed by atoms with van der Waals surface area (Å²) in [4.78, 5) is 28.7. The molecule has 1 heterocycles. The number of hydrogen-bond acceptors (Lipinski definition) is 3. The average molecular weight is 377 g/mol. The number of amides is 3. The number of hydrogen-bond donors (Lipinski definition) is 1. The summed E-state index contributed by atoms with van der Waals surface area (Å²) in [5, 5.41) is 2.95. The van der Waals surface area contributed by atoms with Crippen LogP contribution in [0.25, 0.3) is 11.1 Å². The molecule has 1 saturated carbocycles. The van der Waals surface area contributed by atoms with Crippen LogP contribution in [-0.2, 0) is 11.3 Å². The SMILES string of the molecule is CN(CCN1C(=O)NC2(CCCC2)C1=O)Cc1ccccc1-c1ccccc1. The summed E-state index contributed by atoms with van der Waals surface area (Å²) in [6.07, 6.45) is 3.56. The number of nitrogens with zero attached hydrogens (tertiary/aromatic N) is 2. The molecule has 2 fully saturated rings. The van der Waals surface area contributed by atoms with Gasteiger partial charge >= 0.3 is 6.03 Å². The maximum absolute atomic E-state index is 12.8. The van der Waals surface area contributed by atoms with Crippen molar-refractivity contribution >= 4 is 11.9 Å². The molecule has 28 heavy (non-hydrogen) atoms. The van der Waals surface area contributed by atoms with E-state index in [0.717, 1.165) is 32.2 Å². The highest BCUT2D eigenvalue weighted by Crippen LogP contribution is 2.35.